The van der Waals surface area contributed by atoms with Gasteiger partial charge >= 0.3 is 0 Å². The Hall–Kier alpha value is -1.61. The third-order valence-electron chi connectivity index (χ3n) is 4.30. The van der Waals surface area contributed by atoms with E-state index >= 15 is 0 Å². The molecular weight excluding hydrogens is 338 g/mol. The van der Waals surface area contributed by atoms with Crippen LogP contribution in [0.1, 0.15) is 41.1 Å². The molecule has 1 atom stereocenters. The van der Waals surface area contributed by atoms with Crippen LogP contribution in [0.2, 0.25) is 0 Å². The first-order valence-electron chi connectivity index (χ1n) is 7.84. The van der Waals surface area contributed by atoms with Crippen LogP contribution in [-0.2, 0) is 0 Å². The Balaban J connectivity index is 1.79. The molecule has 2 nitrogen and oxygen atoms in total. The van der Waals surface area contributed by atoms with Gasteiger partial charge < -0.3 is 4.90 Å². The highest BCUT2D eigenvalue weighted by molar-refractivity contribution is 9.10. The number of halogens is 1. The zero-order valence-corrected chi connectivity index (χ0v) is 14.1. The molecule has 0 bridgehead atoms. The third-order valence-corrected chi connectivity index (χ3v) is 4.79. The smallest absolute Gasteiger partial charge is 0.253 e. The maximum atomic E-state index is 12.8. The molecule has 22 heavy (non-hydrogen) atoms. The lowest BCUT2D eigenvalue weighted by atomic mass is 9.94. The van der Waals surface area contributed by atoms with Gasteiger partial charge in [-0.2, -0.15) is 0 Å². The van der Waals surface area contributed by atoms with Gasteiger partial charge in [0.2, 0.25) is 0 Å². The quantitative estimate of drug-likeness (QED) is 0.751. The summed E-state index contributed by atoms with van der Waals surface area (Å²) in [4.78, 5) is 14.8. The van der Waals surface area contributed by atoms with E-state index in [4.69, 9.17) is 0 Å². The van der Waals surface area contributed by atoms with E-state index in [0.717, 1.165) is 36.0 Å². The van der Waals surface area contributed by atoms with Crippen molar-refractivity contribution in [2.45, 2.75) is 25.2 Å². The second kappa shape index (κ2) is 7.10. The summed E-state index contributed by atoms with van der Waals surface area (Å²) in [6.45, 7) is 1.67. The van der Waals surface area contributed by atoms with Crippen molar-refractivity contribution in [3.8, 4) is 0 Å². The zero-order chi connectivity index (χ0) is 15.4. The summed E-state index contributed by atoms with van der Waals surface area (Å²) in [6.07, 6.45) is 3.43. The Bertz CT molecular complexity index is 641. The van der Waals surface area contributed by atoms with Crippen molar-refractivity contribution in [3.05, 3.63) is 70.2 Å². The van der Waals surface area contributed by atoms with Crippen molar-refractivity contribution in [2.75, 3.05) is 13.1 Å². The van der Waals surface area contributed by atoms with Crippen LogP contribution in [0.4, 0.5) is 0 Å². The van der Waals surface area contributed by atoms with Crippen LogP contribution in [0.5, 0.6) is 0 Å². The Kier molecular flexibility index (Phi) is 4.94. The molecule has 0 radical (unpaired) electrons. The van der Waals surface area contributed by atoms with Crippen LogP contribution in [0.15, 0.2) is 59.1 Å². The maximum absolute atomic E-state index is 12.8. The highest BCUT2D eigenvalue weighted by atomic mass is 79.9. The van der Waals surface area contributed by atoms with Crippen LogP contribution >= 0.6 is 15.9 Å². The molecule has 1 fully saturated rings. The van der Waals surface area contributed by atoms with Gasteiger partial charge in [-0.3, -0.25) is 4.79 Å². The van der Waals surface area contributed by atoms with E-state index in [-0.39, 0.29) is 5.91 Å². The minimum atomic E-state index is 0.143. The van der Waals surface area contributed by atoms with Crippen molar-refractivity contribution < 1.29 is 4.79 Å². The number of carbonyl (C=O) groups excluding carboxylic acids is 1. The lowest BCUT2D eigenvalue weighted by molar-refractivity contribution is 0.0754. The van der Waals surface area contributed by atoms with E-state index in [2.05, 4.69) is 40.2 Å². The largest absolute Gasteiger partial charge is 0.338 e. The molecule has 0 aliphatic carbocycles. The minimum absolute atomic E-state index is 0.143. The monoisotopic (exact) mass is 357 g/mol. The number of carbonyl (C=O) groups is 1. The average molecular weight is 358 g/mol. The standard InChI is InChI=1S/C19H20BrNO/c20-18-11-6-10-16(13-18)19(22)21-12-5-4-9-17(14-21)15-7-2-1-3-8-15/h1-3,6-8,10-11,13,17H,4-5,9,12,14H2/t17-/m1/s1. The van der Waals surface area contributed by atoms with Crippen LogP contribution in [0.3, 0.4) is 0 Å². The van der Waals surface area contributed by atoms with E-state index in [1.165, 1.54) is 12.0 Å². The number of likely N-dealkylation sites (tertiary alicyclic amines) is 1. The molecule has 2 aromatic rings. The molecule has 0 unspecified atom stereocenters. The van der Waals surface area contributed by atoms with Gasteiger partial charge in [0.25, 0.3) is 5.91 Å². The summed E-state index contributed by atoms with van der Waals surface area (Å²) in [5, 5.41) is 0. The van der Waals surface area contributed by atoms with Crippen molar-refractivity contribution in [1.29, 1.82) is 0 Å². The minimum Gasteiger partial charge on any atom is -0.338 e. The van der Waals surface area contributed by atoms with Crippen LogP contribution in [-0.4, -0.2) is 23.9 Å². The molecule has 1 saturated heterocycles. The summed E-state index contributed by atoms with van der Waals surface area (Å²) in [6, 6.07) is 18.2. The zero-order valence-electron chi connectivity index (χ0n) is 12.5. The van der Waals surface area contributed by atoms with Gasteiger partial charge in [0, 0.05) is 29.0 Å². The molecule has 114 valence electrons. The second-order valence-corrected chi connectivity index (χ2v) is 6.78. The lowest BCUT2D eigenvalue weighted by Gasteiger charge is -2.25. The topological polar surface area (TPSA) is 20.3 Å². The normalized spacial score (nSPS) is 18.8. The Morgan fingerprint density at radius 3 is 2.64 bits per heavy atom. The van der Waals surface area contributed by atoms with E-state index in [1.807, 2.05) is 35.2 Å². The molecule has 3 heteroatoms. The number of nitrogens with zero attached hydrogens (tertiary/aromatic N) is 1. The molecule has 1 amide bonds. The van der Waals surface area contributed by atoms with E-state index in [9.17, 15) is 4.79 Å². The van der Waals surface area contributed by atoms with Gasteiger partial charge in [-0.15, -0.1) is 0 Å². The summed E-state index contributed by atoms with van der Waals surface area (Å²) in [5.41, 5.74) is 2.11. The molecular formula is C19H20BrNO. The van der Waals surface area contributed by atoms with Gasteiger partial charge in [0.15, 0.2) is 0 Å². The average Bonchev–Trinajstić information content (AvgIpc) is 2.81. The third kappa shape index (κ3) is 3.58. The molecule has 0 spiro atoms. The summed E-state index contributed by atoms with van der Waals surface area (Å²) < 4.78 is 0.952. The summed E-state index contributed by atoms with van der Waals surface area (Å²) >= 11 is 3.45. The molecule has 1 heterocycles. The number of hydrogen-bond donors (Lipinski definition) is 0. The van der Waals surface area contributed by atoms with Gasteiger partial charge in [-0.25, -0.2) is 0 Å². The fourth-order valence-electron chi connectivity index (χ4n) is 3.13. The molecule has 2 aromatic carbocycles. The van der Waals surface area contributed by atoms with Crippen molar-refractivity contribution in [2.24, 2.45) is 0 Å². The number of hydrogen-bond acceptors (Lipinski definition) is 1. The van der Waals surface area contributed by atoms with Gasteiger partial charge in [-0.05, 0) is 36.6 Å². The molecule has 1 aliphatic rings. The lowest BCUT2D eigenvalue weighted by Crippen LogP contribution is -2.34. The van der Waals surface area contributed by atoms with Crippen LogP contribution < -0.4 is 0 Å². The van der Waals surface area contributed by atoms with Gasteiger partial charge in [0.05, 0.1) is 0 Å². The predicted octanol–water partition coefficient (Wildman–Crippen LogP) is 4.86. The van der Waals surface area contributed by atoms with Gasteiger partial charge in [-0.1, -0.05) is 58.7 Å². The van der Waals surface area contributed by atoms with Gasteiger partial charge in [0.1, 0.15) is 0 Å². The Morgan fingerprint density at radius 1 is 1.05 bits per heavy atom. The SMILES string of the molecule is O=C(c1cccc(Br)c1)N1CCCC[C@@H](c2ccccc2)C1. The van der Waals surface area contributed by atoms with E-state index in [1.54, 1.807) is 0 Å². The fourth-order valence-corrected chi connectivity index (χ4v) is 3.53. The maximum Gasteiger partial charge on any atom is 0.253 e. The Morgan fingerprint density at radius 2 is 1.86 bits per heavy atom. The van der Waals surface area contributed by atoms with Crippen LogP contribution in [0, 0.1) is 0 Å². The number of benzene rings is 2. The molecule has 0 saturated carbocycles. The molecule has 0 N–H and O–H groups in total. The van der Waals surface area contributed by atoms with Crippen molar-refractivity contribution >= 4 is 21.8 Å². The first-order chi connectivity index (χ1) is 10.7. The Labute approximate surface area is 140 Å². The molecule has 1 aliphatic heterocycles. The number of amides is 1. The van der Waals surface area contributed by atoms with E-state index < -0.39 is 0 Å². The summed E-state index contributed by atoms with van der Waals surface area (Å²) in [5.74, 6) is 0.587. The van der Waals surface area contributed by atoms with E-state index in [0.29, 0.717) is 5.92 Å². The molecule has 3 rings (SSSR count). The van der Waals surface area contributed by atoms with Crippen molar-refractivity contribution in [1.82, 2.24) is 4.90 Å². The highest BCUT2D eigenvalue weighted by Gasteiger charge is 2.23. The first kappa shape index (κ1) is 15.3. The number of rotatable bonds is 2. The molecule has 0 aromatic heterocycles. The second-order valence-electron chi connectivity index (χ2n) is 5.86. The fraction of sp³-hybridized carbons (Fsp3) is 0.316. The van der Waals surface area contributed by atoms with Crippen LogP contribution in [0.25, 0.3) is 0 Å². The summed E-state index contributed by atoms with van der Waals surface area (Å²) in [7, 11) is 0. The highest BCUT2D eigenvalue weighted by Crippen LogP contribution is 2.27. The predicted molar refractivity (Wildman–Crippen MR) is 93.1 cm³/mol. The van der Waals surface area contributed by atoms with Crippen molar-refractivity contribution in [3.63, 3.8) is 0 Å². The first-order valence-corrected chi connectivity index (χ1v) is 8.63.